The zero-order valence-electron chi connectivity index (χ0n) is 12.5. The number of ether oxygens (including phenoxy) is 1. The Labute approximate surface area is 132 Å². The normalized spacial score (nSPS) is 24.5. The molecule has 23 heavy (non-hydrogen) atoms. The third-order valence-electron chi connectivity index (χ3n) is 3.91. The quantitative estimate of drug-likeness (QED) is 0.943. The molecule has 0 bridgehead atoms. The number of aliphatic imine (C=N–C) groups is 1. The van der Waals surface area contributed by atoms with Gasteiger partial charge in [0.05, 0.1) is 0 Å². The van der Waals surface area contributed by atoms with E-state index in [1.165, 1.54) is 6.33 Å². The SMILES string of the molecule is C[C@]1(c2cccc(-c3cncnc3)c2)N=C(N)COC1C(F)F. The van der Waals surface area contributed by atoms with Crippen LogP contribution in [-0.4, -0.2) is 34.9 Å². The summed E-state index contributed by atoms with van der Waals surface area (Å²) in [5, 5.41) is 0. The van der Waals surface area contributed by atoms with E-state index in [2.05, 4.69) is 15.0 Å². The number of amidine groups is 1. The largest absolute Gasteiger partial charge is 0.386 e. The summed E-state index contributed by atoms with van der Waals surface area (Å²) in [5.41, 5.74) is 6.68. The van der Waals surface area contributed by atoms with E-state index >= 15 is 0 Å². The fourth-order valence-corrected chi connectivity index (χ4v) is 2.74. The summed E-state index contributed by atoms with van der Waals surface area (Å²) in [6.45, 7) is 1.52. The predicted molar refractivity (Wildman–Crippen MR) is 82.2 cm³/mol. The number of halogens is 2. The van der Waals surface area contributed by atoms with Crippen molar-refractivity contribution in [2.45, 2.75) is 25.0 Å². The highest BCUT2D eigenvalue weighted by molar-refractivity contribution is 5.83. The van der Waals surface area contributed by atoms with E-state index in [1.807, 2.05) is 6.07 Å². The monoisotopic (exact) mass is 318 g/mol. The standard InChI is InChI=1S/C16H16F2N4O/c1-16(14(15(17)18)23-8-13(19)22-16)12-4-2-3-10(5-12)11-6-20-9-21-7-11/h2-7,9,14-15H,8H2,1H3,(H2,19,22)/t14?,16-/m1/s1. The van der Waals surface area contributed by atoms with Gasteiger partial charge in [0.1, 0.15) is 30.4 Å². The van der Waals surface area contributed by atoms with Gasteiger partial charge in [-0.3, -0.25) is 4.99 Å². The van der Waals surface area contributed by atoms with Gasteiger partial charge >= 0.3 is 0 Å². The maximum Gasteiger partial charge on any atom is 0.267 e. The van der Waals surface area contributed by atoms with Gasteiger partial charge < -0.3 is 10.5 Å². The smallest absolute Gasteiger partial charge is 0.267 e. The topological polar surface area (TPSA) is 73.4 Å². The average Bonchev–Trinajstić information content (AvgIpc) is 2.55. The van der Waals surface area contributed by atoms with Crippen LogP contribution in [0.5, 0.6) is 0 Å². The lowest BCUT2D eigenvalue weighted by atomic mass is 9.84. The van der Waals surface area contributed by atoms with Crippen LogP contribution in [0.2, 0.25) is 0 Å². The minimum absolute atomic E-state index is 0.0865. The fraction of sp³-hybridized carbons (Fsp3) is 0.312. The van der Waals surface area contributed by atoms with Gasteiger partial charge in [-0.2, -0.15) is 0 Å². The van der Waals surface area contributed by atoms with Crippen molar-refractivity contribution in [1.82, 2.24) is 9.97 Å². The van der Waals surface area contributed by atoms with Gasteiger partial charge in [-0.05, 0) is 24.1 Å². The van der Waals surface area contributed by atoms with Gasteiger partial charge in [0.15, 0.2) is 0 Å². The van der Waals surface area contributed by atoms with Crippen molar-refractivity contribution < 1.29 is 13.5 Å². The fourth-order valence-electron chi connectivity index (χ4n) is 2.74. The van der Waals surface area contributed by atoms with E-state index in [0.717, 1.165) is 11.1 Å². The van der Waals surface area contributed by atoms with Crippen molar-refractivity contribution >= 4 is 5.84 Å². The molecule has 2 aromatic rings. The highest BCUT2D eigenvalue weighted by atomic mass is 19.3. The van der Waals surface area contributed by atoms with Gasteiger partial charge in [0, 0.05) is 18.0 Å². The Kier molecular flexibility index (Phi) is 4.04. The number of hydrogen-bond donors (Lipinski definition) is 1. The highest BCUT2D eigenvalue weighted by Gasteiger charge is 2.45. The molecule has 2 atom stereocenters. The number of aromatic nitrogens is 2. The Hall–Kier alpha value is -2.41. The van der Waals surface area contributed by atoms with Crippen LogP contribution in [0.3, 0.4) is 0 Å². The van der Waals surface area contributed by atoms with Crippen LogP contribution < -0.4 is 5.73 Å². The molecule has 1 aromatic carbocycles. The second-order valence-electron chi connectivity index (χ2n) is 5.52. The van der Waals surface area contributed by atoms with E-state index in [9.17, 15) is 8.78 Å². The van der Waals surface area contributed by atoms with Crippen LogP contribution in [0.15, 0.2) is 48.0 Å². The van der Waals surface area contributed by atoms with Gasteiger partial charge in [-0.25, -0.2) is 18.7 Å². The summed E-state index contributed by atoms with van der Waals surface area (Å²) in [6, 6.07) is 7.18. The van der Waals surface area contributed by atoms with Gasteiger partial charge in [0.25, 0.3) is 6.43 Å². The zero-order valence-corrected chi connectivity index (χ0v) is 12.5. The average molecular weight is 318 g/mol. The maximum absolute atomic E-state index is 13.4. The molecule has 0 amide bonds. The maximum atomic E-state index is 13.4. The summed E-state index contributed by atoms with van der Waals surface area (Å²) in [4.78, 5) is 12.2. The van der Waals surface area contributed by atoms with Crippen LogP contribution in [0.25, 0.3) is 11.1 Å². The van der Waals surface area contributed by atoms with Crippen LogP contribution in [0, 0.1) is 0 Å². The minimum atomic E-state index is -2.67. The zero-order chi connectivity index (χ0) is 16.4. The molecule has 7 heteroatoms. The van der Waals surface area contributed by atoms with E-state index < -0.39 is 18.1 Å². The summed E-state index contributed by atoms with van der Waals surface area (Å²) < 4.78 is 32.0. The van der Waals surface area contributed by atoms with E-state index in [4.69, 9.17) is 10.5 Å². The molecule has 0 aliphatic carbocycles. The van der Waals surface area contributed by atoms with Crippen molar-refractivity contribution in [3.63, 3.8) is 0 Å². The van der Waals surface area contributed by atoms with E-state index in [1.54, 1.807) is 37.5 Å². The molecule has 1 aliphatic heterocycles. The lowest BCUT2D eigenvalue weighted by Crippen LogP contribution is -2.48. The van der Waals surface area contributed by atoms with Crippen molar-refractivity contribution in [2.24, 2.45) is 10.7 Å². The number of benzene rings is 1. The molecule has 0 radical (unpaired) electrons. The molecular formula is C16H16F2N4O. The van der Waals surface area contributed by atoms with Gasteiger partial charge in [-0.15, -0.1) is 0 Å². The minimum Gasteiger partial charge on any atom is -0.386 e. The Morgan fingerprint density at radius 3 is 2.70 bits per heavy atom. The van der Waals surface area contributed by atoms with Crippen LogP contribution in [0.1, 0.15) is 12.5 Å². The Bertz CT molecular complexity index is 723. The number of nitrogens with two attached hydrogens (primary N) is 1. The second-order valence-corrected chi connectivity index (χ2v) is 5.52. The third kappa shape index (κ3) is 2.92. The number of hydrogen-bond acceptors (Lipinski definition) is 5. The molecule has 5 nitrogen and oxygen atoms in total. The molecule has 2 heterocycles. The first-order chi connectivity index (χ1) is 11.0. The predicted octanol–water partition coefficient (Wildman–Crippen LogP) is 2.38. The van der Waals surface area contributed by atoms with Crippen molar-refractivity contribution in [3.05, 3.63) is 48.5 Å². The van der Waals surface area contributed by atoms with Crippen LogP contribution in [0.4, 0.5) is 8.78 Å². The Morgan fingerprint density at radius 1 is 1.26 bits per heavy atom. The van der Waals surface area contributed by atoms with E-state index in [-0.39, 0.29) is 12.4 Å². The third-order valence-corrected chi connectivity index (χ3v) is 3.91. The Morgan fingerprint density at radius 2 is 2.00 bits per heavy atom. The number of nitrogens with zero attached hydrogens (tertiary/aromatic N) is 3. The lowest BCUT2D eigenvalue weighted by molar-refractivity contribution is -0.0876. The number of alkyl halides is 2. The molecule has 1 aromatic heterocycles. The molecule has 0 saturated heterocycles. The first-order valence-electron chi connectivity index (χ1n) is 7.10. The molecule has 0 spiro atoms. The molecule has 3 rings (SSSR count). The van der Waals surface area contributed by atoms with Gasteiger partial charge in [-0.1, -0.05) is 18.2 Å². The molecule has 2 N–H and O–H groups in total. The molecule has 120 valence electrons. The molecule has 1 unspecified atom stereocenters. The highest BCUT2D eigenvalue weighted by Crippen LogP contribution is 2.38. The first-order valence-corrected chi connectivity index (χ1v) is 7.10. The summed E-state index contributed by atoms with van der Waals surface area (Å²) in [6.07, 6.45) is 0.737. The number of rotatable bonds is 3. The molecule has 0 fully saturated rings. The van der Waals surface area contributed by atoms with Gasteiger partial charge in [0.2, 0.25) is 0 Å². The molecule has 0 saturated carbocycles. The second kappa shape index (κ2) is 6.00. The summed E-state index contributed by atoms with van der Waals surface area (Å²) in [5.74, 6) is 0.206. The van der Waals surface area contributed by atoms with Crippen molar-refractivity contribution in [2.75, 3.05) is 6.61 Å². The summed E-state index contributed by atoms with van der Waals surface area (Å²) in [7, 11) is 0. The van der Waals surface area contributed by atoms with Crippen molar-refractivity contribution in [3.8, 4) is 11.1 Å². The van der Waals surface area contributed by atoms with E-state index in [0.29, 0.717) is 5.56 Å². The van der Waals surface area contributed by atoms with Crippen LogP contribution >= 0.6 is 0 Å². The Balaban J connectivity index is 2.07. The lowest BCUT2D eigenvalue weighted by Gasteiger charge is -2.37. The summed E-state index contributed by atoms with van der Waals surface area (Å²) >= 11 is 0. The first kappa shape index (κ1) is 15.5. The van der Waals surface area contributed by atoms with Crippen molar-refractivity contribution in [1.29, 1.82) is 0 Å². The molecular weight excluding hydrogens is 302 g/mol. The molecule has 1 aliphatic rings. The van der Waals surface area contributed by atoms with Crippen LogP contribution in [-0.2, 0) is 10.3 Å².